The summed E-state index contributed by atoms with van der Waals surface area (Å²) in [6, 6.07) is 6.33. The maximum Gasteiger partial charge on any atom is 0.289 e. The van der Waals surface area contributed by atoms with Gasteiger partial charge in [-0.2, -0.15) is 4.31 Å². The van der Waals surface area contributed by atoms with Gasteiger partial charge in [-0.3, -0.25) is 10.1 Å². The summed E-state index contributed by atoms with van der Waals surface area (Å²) < 4.78 is 32.0. The fraction of sp³-hybridized carbons (Fsp3) is 0.500. The number of nitrogens with zero attached hydrogens (tertiary/aromatic N) is 2. The van der Waals surface area contributed by atoms with E-state index in [-0.39, 0.29) is 24.6 Å². The standard InChI is InChI=1S/C16H26N2O5SSi/c1-23-13-12-17(11-7-8-14-25(2,3)4)24(21,22)16-10-6-5-9-15(16)18(19)20/h5-10H,11-14H2,1-4H3/b8-7+. The fourth-order valence-corrected chi connectivity index (χ4v) is 4.50. The molecule has 7 nitrogen and oxygen atoms in total. The molecule has 0 unspecified atom stereocenters. The van der Waals surface area contributed by atoms with Crippen LogP contribution in [0.2, 0.25) is 25.7 Å². The van der Waals surface area contributed by atoms with Crippen molar-refractivity contribution in [3.63, 3.8) is 0 Å². The highest BCUT2D eigenvalue weighted by Gasteiger charge is 2.30. The first-order valence-electron chi connectivity index (χ1n) is 7.97. The normalized spacial score (nSPS) is 12.8. The minimum atomic E-state index is -3.99. The quantitative estimate of drug-likeness (QED) is 0.267. The second-order valence-corrected chi connectivity index (χ2v) is 14.3. The maximum absolute atomic E-state index is 12.9. The summed E-state index contributed by atoms with van der Waals surface area (Å²) in [5.74, 6) is 0. The summed E-state index contributed by atoms with van der Waals surface area (Å²) in [6.45, 7) is 7.17. The lowest BCUT2D eigenvalue weighted by molar-refractivity contribution is -0.387. The molecule has 0 aliphatic carbocycles. The molecule has 0 heterocycles. The minimum absolute atomic E-state index is 0.127. The monoisotopic (exact) mass is 386 g/mol. The van der Waals surface area contributed by atoms with Gasteiger partial charge in [0.25, 0.3) is 5.69 Å². The van der Waals surface area contributed by atoms with Crippen molar-refractivity contribution in [3.05, 3.63) is 46.5 Å². The molecule has 0 saturated carbocycles. The lowest BCUT2D eigenvalue weighted by atomic mass is 10.3. The summed E-state index contributed by atoms with van der Waals surface area (Å²) in [6.07, 6.45) is 3.79. The molecule has 0 aromatic heterocycles. The van der Waals surface area contributed by atoms with Crippen molar-refractivity contribution in [1.82, 2.24) is 4.31 Å². The first kappa shape index (κ1) is 21.5. The molecule has 0 spiro atoms. The fourth-order valence-electron chi connectivity index (χ4n) is 2.10. The second-order valence-electron chi connectivity index (χ2n) is 6.82. The van der Waals surface area contributed by atoms with Gasteiger partial charge >= 0.3 is 0 Å². The predicted molar refractivity (Wildman–Crippen MR) is 101 cm³/mol. The van der Waals surface area contributed by atoms with Crippen molar-refractivity contribution in [2.75, 3.05) is 26.8 Å². The number of benzene rings is 1. The van der Waals surface area contributed by atoms with Gasteiger partial charge in [-0.15, -0.1) is 0 Å². The summed E-state index contributed by atoms with van der Waals surface area (Å²) in [4.78, 5) is 10.2. The van der Waals surface area contributed by atoms with E-state index in [0.717, 1.165) is 6.04 Å². The minimum Gasteiger partial charge on any atom is -0.383 e. The van der Waals surface area contributed by atoms with E-state index in [1.807, 2.05) is 6.08 Å². The number of sulfonamides is 1. The topological polar surface area (TPSA) is 89.8 Å². The van der Waals surface area contributed by atoms with Crippen LogP contribution in [0.3, 0.4) is 0 Å². The Bertz CT molecular complexity index is 713. The molecule has 25 heavy (non-hydrogen) atoms. The van der Waals surface area contributed by atoms with Crippen molar-refractivity contribution in [3.8, 4) is 0 Å². The van der Waals surface area contributed by atoms with E-state index < -0.39 is 28.7 Å². The van der Waals surface area contributed by atoms with Gasteiger partial charge in [-0.1, -0.05) is 43.9 Å². The summed E-state index contributed by atoms with van der Waals surface area (Å²) in [5, 5.41) is 11.2. The second kappa shape index (κ2) is 9.23. The molecule has 0 bridgehead atoms. The van der Waals surface area contributed by atoms with Crippen LogP contribution in [0.5, 0.6) is 0 Å². The van der Waals surface area contributed by atoms with E-state index in [1.54, 1.807) is 6.08 Å². The Balaban J connectivity index is 3.10. The summed E-state index contributed by atoms with van der Waals surface area (Å²) >= 11 is 0. The zero-order chi connectivity index (χ0) is 19.1. The van der Waals surface area contributed by atoms with Gasteiger partial charge in [-0.05, 0) is 12.1 Å². The van der Waals surface area contributed by atoms with Crippen LogP contribution in [-0.2, 0) is 14.8 Å². The zero-order valence-corrected chi connectivity index (χ0v) is 17.0. The molecule has 0 radical (unpaired) electrons. The molecule has 0 aliphatic heterocycles. The number of nitro groups is 1. The Morgan fingerprint density at radius 1 is 1.24 bits per heavy atom. The van der Waals surface area contributed by atoms with Crippen LogP contribution in [-0.4, -0.2) is 52.5 Å². The molecule has 1 aromatic rings. The van der Waals surface area contributed by atoms with E-state index in [0.29, 0.717) is 0 Å². The lowest BCUT2D eigenvalue weighted by Crippen LogP contribution is -2.34. The molecule has 1 aromatic carbocycles. The Morgan fingerprint density at radius 2 is 1.88 bits per heavy atom. The Labute approximate surface area is 150 Å². The van der Waals surface area contributed by atoms with Crippen LogP contribution in [0, 0.1) is 10.1 Å². The van der Waals surface area contributed by atoms with Gasteiger partial charge in [-0.25, -0.2) is 8.42 Å². The van der Waals surface area contributed by atoms with Crippen LogP contribution in [0.15, 0.2) is 41.3 Å². The highest BCUT2D eigenvalue weighted by atomic mass is 32.2. The SMILES string of the molecule is COCCN(C/C=C/C[Si](C)(C)C)S(=O)(=O)c1ccccc1[N+](=O)[O-]. The van der Waals surface area contributed by atoms with Gasteiger partial charge in [0, 0.05) is 34.3 Å². The lowest BCUT2D eigenvalue weighted by Gasteiger charge is -2.20. The number of ether oxygens (including phenoxy) is 1. The van der Waals surface area contributed by atoms with E-state index >= 15 is 0 Å². The number of rotatable bonds is 10. The van der Waals surface area contributed by atoms with E-state index in [1.165, 1.54) is 35.7 Å². The molecule has 0 fully saturated rings. The van der Waals surface area contributed by atoms with Crippen molar-refractivity contribution in [2.24, 2.45) is 0 Å². The Morgan fingerprint density at radius 3 is 2.44 bits per heavy atom. The van der Waals surface area contributed by atoms with Gasteiger partial charge in [0.1, 0.15) is 0 Å². The number of para-hydroxylation sites is 1. The van der Waals surface area contributed by atoms with Gasteiger partial charge in [0.15, 0.2) is 4.90 Å². The number of nitro benzene ring substituents is 1. The van der Waals surface area contributed by atoms with Gasteiger partial charge < -0.3 is 4.74 Å². The predicted octanol–water partition coefficient (Wildman–Crippen LogP) is 3.13. The molecular formula is C16H26N2O5SSi. The Hall–Kier alpha value is -1.55. The van der Waals surface area contributed by atoms with Crippen LogP contribution in [0.1, 0.15) is 0 Å². The zero-order valence-electron chi connectivity index (χ0n) is 15.1. The number of allylic oxidation sites excluding steroid dienone is 1. The first-order chi connectivity index (χ1) is 11.6. The van der Waals surface area contributed by atoms with Crippen LogP contribution >= 0.6 is 0 Å². The molecular weight excluding hydrogens is 360 g/mol. The van der Waals surface area contributed by atoms with E-state index in [2.05, 4.69) is 19.6 Å². The summed E-state index contributed by atoms with van der Waals surface area (Å²) in [5.41, 5.74) is -0.420. The van der Waals surface area contributed by atoms with Crippen LogP contribution < -0.4 is 0 Å². The molecule has 9 heteroatoms. The molecule has 0 N–H and O–H groups in total. The van der Waals surface area contributed by atoms with Crippen LogP contribution in [0.25, 0.3) is 0 Å². The van der Waals surface area contributed by atoms with Gasteiger partial charge in [0.2, 0.25) is 10.0 Å². The molecule has 0 saturated heterocycles. The third-order valence-electron chi connectivity index (χ3n) is 3.43. The molecule has 0 aliphatic rings. The molecule has 1 rings (SSSR count). The van der Waals surface area contributed by atoms with Gasteiger partial charge in [0.05, 0.1) is 11.5 Å². The smallest absolute Gasteiger partial charge is 0.289 e. The molecule has 0 amide bonds. The largest absolute Gasteiger partial charge is 0.383 e. The third-order valence-corrected chi connectivity index (χ3v) is 6.80. The van der Waals surface area contributed by atoms with Crippen molar-refractivity contribution >= 4 is 23.8 Å². The van der Waals surface area contributed by atoms with Crippen molar-refractivity contribution in [1.29, 1.82) is 0 Å². The number of methoxy groups -OCH3 is 1. The third kappa shape index (κ3) is 6.69. The van der Waals surface area contributed by atoms with Crippen molar-refractivity contribution < 1.29 is 18.1 Å². The average Bonchev–Trinajstić information content (AvgIpc) is 2.52. The summed E-state index contributed by atoms with van der Waals surface area (Å²) in [7, 11) is -3.77. The molecule has 0 atom stereocenters. The van der Waals surface area contributed by atoms with Crippen LogP contribution in [0.4, 0.5) is 5.69 Å². The molecule has 140 valence electrons. The van der Waals surface area contributed by atoms with E-state index in [9.17, 15) is 18.5 Å². The maximum atomic E-state index is 12.9. The van der Waals surface area contributed by atoms with Crippen molar-refractivity contribution in [2.45, 2.75) is 30.6 Å². The first-order valence-corrected chi connectivity index (χ1v) is 13.1. The highest BCUT2D eigenvalue weighted by Crippen LogP contribution is 2.26. The highest BCUT2D eigenvalue weighted by molar-refractivity contribution is 7.89. The number of hydrogen-bond acceptors (Lipinski definition) is 5. The number of hydrogen-bond donors (Lipinski definition) is 0. The average molecular weight is 387 g/mol. The van der Waals surface area contributed by atoms with E-state index in [4.69, 9.17) is 4.74 Å². The Kier molecular flexibility index (Phi) is 7.93.